The van der Waals surface area contributed by atoms with Crippen LogP contribution in [0.2, 0.25) is 0 Å². The lowest BCUT2D eigenvalue weighted by Crippen LogP contribution is -2.06. The van der Waals surface area contributed by atoms with E-state index in [1.54, 1.807) is 49.5 Å². The van der Waals surface area contributed by atoms with E-state index >= 15 is 0 Å². The Morgan fingerprint density at radius 2 is 1.48 bits per heavy atom. The lowest BCUT2D eigenvalue weighted by atomic mass is 10.1. The Morgan fingerprint density at radius 3 is 2.15 bits per heavy atom. The number of sulfone groups is 1. The fourth-order valence-corrected chi connectivity index (χ4v) is 5.45. The summed E-state index contributed by atoms with van der Waals surface area (Å²) >= 11 is 0. The molecule has 0 radical (unpaired) electrons. The molecule has 4 aromatic rings. The minimum Gasteiger partial charge on any atom is -0.505 e. The third-order valence-electron chi connectivity index (χ3n) is 5.95. The summed E-state index contributed by atoms with van der Waals surface area (Å²) in [5.41, 5.74) is 1.12. The lowest BCUT2D eigenvalue weighted by Gasteiger charge is -2.11. The van der Waals surface area contributed by atoms with Crippen LogP contribution in [0.15, 0.2) is 97.0 Å². The van der Waals surface area contributed by atoms with Gasteiger partial charge < -0.3 is 15.2 Å². The van der Waals surface area contributed by atoms with Crippen molar-refractivity contribution in [2.75, 3.05) is 25.2 Å². The molecule has 208 valence electrons. The van der Waals surface area contributed by atoms with Crippen LogP contribution in [0, 0.1) is 0 Å². The molecule has 0 saturated heterocycles. The number of benzene rings is 4. The Hall–Kier alpha value is -4.40. The van der Waals surface area contributed by atoms with Crippen LogP contribution in [-0.4, -0.2) is 46.4 Å². The van der Waals surface area contributed by atoms with Gasteiger partial charge in [0.05, 0.1) is 23.4 Å². The quantitative estimate of drug-likeness (QED) is 0.148. The predicted molar refractivity (Wildman–Crippen MR) is 150 cm³/mol. The molecule has 0 aliphatic rings. The predicted octanol–water partition coefficient (Wildman–Crippen LogP) is 6.47. The van der Waals surface area contributed by atoms with E-state index in [0.29, 0.717) is 27.9 Å². The second kappa shape index (κ2) is 11.4. The molecular formula is C26H25N5O7S2. The van der Waals surface area contributed by atoms with Gasteiger partial charge >= 0.3 is 0 Å². The van der Waals surface area contributed by atoms with E-state index in [2.05, 4.69) is 25.8 Å². The fourth-order valence-electron chi connectivity index (χ4n) is 3.82. The van der Waals surface area contributed by atoms with Crippen molar-refractivity contribution in [3.63, 3.8) is 0 Å². The van der Waals surface area contributed by atoms with Crippen molar-refractivity contribution >= 4 is 59.2 Å². The molecule has 12 nitrogen and oxygen atoms in total. The largest absolute Gasteiger partial charge is 0.505 e. The molecule has 4 aromatic carbocycles. The molecule has 0 spiro atoms. The maximum Gasteiger partial charge on any atom is 0.296 e. The molecule has 0 fully saturated rings. The van der Waals surface area contributed by atoms with Crippen molar-refractivity contribution in [2.45, 2.75) is 16.7 Å². The number of hydrogen-bond donors (Lipinski definition) is 3. The smallest absolute Gasteiger partial charge is 0.296 e. The van der Waals surface area contributed by atoms with E-state index in [1.165, 1.54) is 26.2 Å². The van der Waals surface area contributed by atoms with Gasteiger partial charge in [-0.3, -0.25) is 4.55 Å². The minimum absolute atomic E-state index is 0.178. The van der Waals surface area contributed by atoms with Crippen molar-refractivity contribution in [1.82, 2.24) is 0 Å². The van der Waals surface area contributed by atoms with E-state index < -0.39 is 24.9 Å². The van der Waals surface area contributed by atoms with Gasteiger partial charge in [0.2, 0.25) is 0 Å². The minimum atomic E-state index is -4.84. The molecular weight excluding hydrogens is 558 g/mol. The number of phenols is 1. The molecule has 0 heterocycles. The van der Waals surface area contributed by atoms with Gasteiger partial charge in [-0.25, -0.2) is 8.42 Å². The first-order chi connectivity index (χ1) is 19.0. The molecule has 0 atom stereocenters. The molecule has 0 bridgehead atoms. The Bertz CT molecular complexity index is 1870. The van der Waals surface area contributed by atoms with E-state index in [-0.39, 0.29) is 33.5 Å². The summed E-state index contributed by atoms with van der Waals surface area (Å²) < 4.78 is 63.6. The number of phenolic OH excluding ortho intramolecular Hbond substituents is 1. The molecule has 14 heteroatoms. The number of anilines is 1. The van der Waals surface area contributed by atoms with Crippen LogP contribution in [0.1, 0.15) is 6.92 Å². The van der Waals surface area contributed by atoms with Crippen LogP contribution in [0.4, 0.5) is 28.4 Å². The number of nitrogens with zero attached hydrogens (tertiary/aromatic N) is 4. The number of hydrogen-bond acceptors (Lipinski definition) is 11. The molecule has 0 aliphatic heterocycles. The maximum absolute atomic E-state index is 12.2. The van der Waals surface area contributed by atoms with Gasteiger partial charge in [-0.2, -0.15) is 8.42 Å². The topological polar surface area (TPSA) is 179 Å². The Balaban J connectivity index is 1.81. The van der Waals surface area contributed by atoms with Crippen molar-refractivity contribution in [3.8, 4) is 11.5 Å². The standard InChI is InChI=1S/C26H25N5O7S2/c1-4-39(33,34)16-9-12-20(24(15-16)40(35,36)37)29-31-25-17-10-14-22(26(32)18(17)11-13-21(25)27-2)30-28-19-7-5-6-8-23(19)38-3/h5-15,27,32H,4H2,1-3H3,(H,35,36,37)/b30-28+,31-29+. The second-order valence-corrected chi connectivity index (χ2v) is 12.0. The van der Waals surface area contributed by atoms with Gasteiger partial charge in [0.25, 0.3) is 10.1 Å². The second-order valence-electron chi connectivity index (χ2n) is 8.32. The molecule has 4 rings (SSSR count). The molecule has 0 unspecified atom stereocenters. The van der Waals surface area contributed by atoms with Crippen molar-refractivity contribution in [1.29, 1.82) is 0 Å². The van der Waals surface area contributed by atoms with Gasteiger partial charge in [0.1, 0.15) is 33.4 Å². The van der Waals surface area contributed by atoms with Crippen LogP contribution in [-0.2, 0) is 20.0 Å². The summed E-state index contributed by atoms with van der Waals surface area (Å²) in [7, 11) is -5.43. The third kappa shape index (κ3) is 5.78. The number of para-hydroxylation sites is 1. The summed E-state index contributed by atoms with van der Waals surface area (Å²) in [6.07, 6.45) is 0. The molecule has 40 heavy (non-hydrogen) atoms. The van der Waals surface area contributed by atoms with Crippen LogP contribution in [0.5, 0.6) is 11.5 Å². The summed E-state index contributed by atoms with van der Waals surface area (Å²) in [5, 5.41) is 31.3. The number of azo groups is 2. The SMILES string of the molecule is CCS(=O)(=O)c1ccc(/N=N/c2c(NC)ccc3c(O)c(/N=N/c4ccccc4OC)ccc23)c(S(=O)(=O)O)c1. The van der Waals surface area contributed by atoms with E-state index in [9.17, 15) is 26.5 Å². The van der Waals surface area contributed by atoms with E-state index in [1.807, 2.05) is 0 Å². The average Bonchev–Trinajstić information content (AvgIpc) is 2.95. The van der Waals surface area contributed by atoms with Crippen molar-refractivity contribution in [3.05, 3.63) is 66.7 Å². The number of fused-ring (bicyclic) bond motifs is 1. The van der Waals surface area contributed by atoms with Gasteiger partial charge in [0, 0.05) is 17.8 Å². The molecule has 0 aliphatic carbocycles. The number of rotatable bonds is 9. The van der Waals surface area contributed by atoms with E-state index in [0.717, 1.165) is 12.1 Å². The summed E-state index contributed by atoms with van der Waals surface area (Å²) in [5.74, 6) is 0.0741. The normalized spacial score (nSPS) is 12.4. The van der Waals surface area contributed by atoms with Crippen LogP contribution >= 0.6 is 0 Å². The van der Waals surface area contributed by atoms with Gasteiger partial charge in [-0.1, -0.05) is 19.1 Å². The summed E-state index contributed by atoms with van der Waals surface area (Å²) in [6, 6.07) is 16.6. The summed E-state index contributed by atoms with van der Waals surface area (Å²) in [6.45, 7) is 1.41. The third-order valence-corrected chi connectivity index (χ3v) is 8.56. The molecule has 3 N–H and O–H groups in total. The number of ether oxygens (including phenoxy) is 1. The van der Waals surface area contributed by atoms with Crippen LogP contribution in [0.3, 0.4) is 0 Å². The molecule has 0 amide bonds. The summed E-state index contributed by atoms with van der Waals surface area (Å²) in [4.78, 5) is -0.985. The fraction of sp³-hybridized carbons (Fsp3) is 0.154. The zero-order valence-electron chi connectivity index (χ0n) is 21.6. The van der Waals surface area contributed by atoms with Crippen molar-refractivity contribution < 1.29 is 31.2 Å². The monoisotopic (exact) mass is 583 g/mol. The highest BCUT2D eigenvalue weighted by molar-refractivity contribution is 7.91. The Kier molecular flexibility index (Phi) is 8.13. The molecule has 0 aromatic heterocycles. The lowest BCUT2D eigenvalue weighted by molar-refractivity contribution is 0.416. The molecule has 0 saturated carbocycles. The first-order valence-corrected chi connectivity index (χ1v) is 14.9. The number of nitrogens with one attached hydrogen (secondary N) is 1. The van der Waals surface area contributed by atoms with Gasteiger partial charge in [0.15, 0.2) is 15.6 Å². The Morgan fingerprint density at radius 1 is 0.825 bits per heavy atom. The van der Waals surface area contributed by atoms with Crippen molar-refractivity contribution in [2.24, 2.45) is 20.5 Å². The highest BCUT2D eigenvalue weighted by Crippen LogP contribution is 2.43. The first-order valence-electron chi connectivity index (χ1n) is 11.8. The number of aromatic hydroxyl groups is 1. The zero-order chi connectivity index (χ0) is 29.1. The average molecular weight is 584 g/mol. The Labute approximate surface area is 230 Å². The van der Waals surface area contributed by atoms with Crippen LogP contribution in [0.25, 0.3) is 10.8 Å². The zero-order valence-corrected chi connectivity index (χ0v) is 23.2. The van der Waals surface area contributed by atoms with Crippen LogP contribution < -0.4 is 10.1 Å². The van der Waals surface area contributed by atoms with E-state index in [4.69, 9.17) is 4.74 Å². The first kappa shape index (κ1) is 28.6. The van der Waals surface area contributed by atoms with Gasteiger partial charge in [-0.15, -0.1) is 20.5 Å². The number of methoxy groups -OCH3 is 1. The van der Waals surface area contributed by atoms with Gasteiger partial charge in [-0.05, 0) is 54.6 Å². The highest BCUT2D eigenvalue weighted by atomic mass is 32.2. The highest BCUT2D eigenvalue weighted by Gasteiger charge is 2.21. The maximum atomic E-state index is 12.2.